The molecule has 0 aliphatic heterocycles. The highest BCUT2D eigenvalue weighted by atomic mass is 32.1. The summed E-state index contributed by atoms with van der Waals surface area (Å²) >= 11 is 1.80. The van der Waals surface area contributed by atoms with Gasteiger partial charge in [-0.15, -0.1) is 11.3 Å². The maximum absolute atomic E-state index is 5.22. The van der Waals surface area contributed by atoms with E-state index in [0.29, 0.717) is 18.0 Å². The lowest BCUT2D eigenvalue weighted by Crippen LogP contribution is -2.39. The van der Waals surface area contributed by atoms with Gasteiger partial charge in [-0.3, -0.25) is 0 Å². The maximum atomic E-state index is 5.22. The Morgan fingerprint density at radius 2 is 2.13 bits per heavy atom. The van der Waals surface area contributed by atoms with Crippen LogP contribution in [0.15, 0.2) is 17.5 Å². The van der Waals surface area contributed by atoms with Gasteiger partial charge in [-0.1, -0.05) is 19.9 Å². The lowest BCUT2D eigenvalue weighted by Gasteiger charge is -2.25. The fourth-order valence-electron chi connectivity index (χ4n) is 1.55. The molecule has 1 unspecified atom stereocenters. The fourth-order valence-corrected chi connectivity index (χ4v) is 2.30. The van der Waals surface area contributed by atoms with Crippen LogP contribution in [0.25, 0.3) is 0 Å². The van der Waals surface area contributed by atoms with Crippen LogP contribution in [0.2, 0.25) is 0 Å². The Labute approximate surface area is 96.7 Å². The Hall–Kier alpha value is -0.380. The second-order valence-electron chi connectivity index (χ2n) is 4.21. The van der Waals surface area contributed by atoms with Gasteiger partial charge in [0.15, 0.2) is 0 Å². The van der Waals surface area contributed by atoms with Gasteiger partial charge in [-0.2, -0.15) is 0 Å². The first-order valence-electron chi connectivity index (χ1n) is 5.43. The minimum absolute atomic E-state index is 0.410. The minimum atomic E-state index is 0.410. The molecule has 0 fully saturated rings. The number of thiophene rings is 1. The second kappa shape index (κ2) is 6.26. The predicted molar refractivity (Wildman–Crippen MR) is 66.4 cm³/mol. The lowest BCUT2D eigenvalue weighted by molar-refractivity contribution is 0.142. The van der Waals surface area contributed by atoms with Crippen LogP contribution in [0.5, 0.6) is 0 Å². The van der Waals surface area contributed by atoms with Gasteiger partial charge in [-0.05, 0) is 24.3 Å². The van der Waals surface area contributed by atoms with E-state index in [0.717, 1.165) is 6.61 Å². The molecule has 2 atom stereocenters. The Bertz CT molecular complexity index is 259. The third kappa shape index (κ3) is 3.93. The van der Waals surface area contributed by atoms with Crippen LogP contribution in [0.3, 0.4) is 0 Å². The van der Waals surface area contributed by atoms with Crippen molar-refractivity contribution in [1.82, 2.24) is 5.32 Å². The van der Waals surface area contributed by atoms with Crippen molar-refractivity contribution in [3.05, 3.63) is 22.4 Å². The number of hydrogen-bond acceptors (Lipinski definition) is 3. The van der Waals surface area contributed by atoms with Crippen LogP contribution in [-0.4, -0.2) is 19.8 Å². The smallest absolute Gasteiger partial charge is 0.0618 e. The third-order valence-corrected chi connectivity index (χ3v) is 3.64. The summed E-state index contributed by atoms with van der Waals surface area (Å²) in [6.07, 6.45) is 0. The lowest BCUT2D eigenvalue weighted by atomic mass is 10.0. The molecule has 1 aromatic rings. The molecule has 15 heavy (non-hydrogen) atoms. The average molecular weight is 227 g/mol. The first-order valence-corrected chi connectivity index (χ1v) is 6.31. The summed E-state index contributed by atoms with van der Waals surface area (Å²) in [6, 6.07) is 5.10. The molecule has 0 radical (unpaired) electrons. The van der Waals surface area contributed by atoms with E-state index < -0.39 is 0 Å². The molecule has 0 spiro atoms. The van der Waals surface area contributed by atoms with Crippen LogP contribution in [0.4, 0.5) is 0 Å². The standard InChI is InChI=1S/C12H21NOS/c1-9(2)11(8-14-4)13-10(3)12-6-5-7-15-12/h5-7,9-11,13H,8H2,1-4H3/t10-,11?/m0/s1. The maximum Gasteiger partial charge on any atom is 0.0618 e. The fraction of sp³-hybridized carbons (Fsp3) is 0.667. The zero-order valence-electron chi connectivity index (χ0n) is 9.99. The second-order valence-corrected chi connectivity index (χ2v) is 5.19. The molecule has 0 aliphatic rings. The molecule has 3 heteroatoms. The highest BCUT2D eigenvalue weighted by Gasteiger charge is 2.16. The van der Waals surface area contributed by atoms with Crippen molar-refractivity contribution >= 4 is 11.3 Å². The molecule has 1 rings (SSSR count). The molecule has 0 aromatic carbocycles. The van der Waals surface area contributed by atoms with Crippen molar-refractivity contribution in [2.75, 3.05) is 13.7 Å². The van der Waals surface area contributed by atoms with Gasteiger partial charge in [0.2, 0.25) is 0 Å². The number of ether oxygens (including phenoxy) is 1. The van der Waals surface area contributed by atoms with Gasteiger partial charge in [0.1, 0.15) is 0 Å². The first kappa shape index (κ1) is 12.7. The number of hydrogen-bond donors (Lipinski definition) is 1. The van der Waals surface area contributed by atoms with Gasteiger partial charge in [0.05, 0.1) is 6.61 Å². The van der Waals surface area contributed by atoms with E-state index in [-0.39, 0.29) is 0 Å². The molecule has 1 heterocycles. The Balaban J connectivity index is 2.50. The molecule has 1 N–H and O–H groups in total. The summed E-state index contributed by atoms with van der Waals surface area (Å²) in [6.45, 7) is 7.42. The topological polar surface area (TPSA) is 21.3 Å². The summed E-state index contributed by atoms with van der Waals surface area (Å²) in [5, 5.41) is 5.72. The van der Waals surface area contributed by atoms with Crippen molar-refractivity contribution in [3.63, 3.8) is 0 Å². The van der Waals surface area contributed by atoms with Gasteiger partial charge < -0.3 is 10.1 Å². The van der Waals surface area contributed by atoms with E-state index in [4.69, 9.17) is 4.74 Å². The number of nitrogens with one attached hydrogen (secondary N) is 1. The van der Waals surface area contributed by atoms with Crippen molar-refractivity contribution in [1.29, 1.82) is 0 Å². The van der Waals surface area contributed by atoms with Gasteiger partial charge >= 0.3 is 0 Å². The van der Waals surface area contributed by atoms with Crippen molar-refractivity contribution in [3.8, 4) is 0 Å². The molecule has 86 valence electrons. The number of rotatable bonds is 6. The SMILES string of the molecule is COCC(N[C@@H](C)c1cccs1)C(C)C. The van der Waals surface area contributed by atoms with Gasteiger partial charge in [0, 0.05) is 24.1 Å². The zero-order valence-corrected chi connectivity index (χ0v) is 10.8. The molecular weight excluding hydrogens is 206 g/mol. The van der Waals surface area contributed by atoms with Crippen LogP contribution < -0.4 is 5.32 Å². The zero-order chi connectivity index (χ0) is 11.3. The molecule has 0 amide bonds. The third-order valence-electron chi connectivity index (χ3n) is 2.58. The highest BCUT2D eigenvalue weighted by Crippen LogP contribution is 2.19. The van der Waals surface area contributed by atoms with Crippen molar-refractivity contribution < 1.29 is 4.74 Å². The summed E-state index contributed by atoms with van der Waals surface area (Å²) in [5.41, 5.74) is 0. The molecule has 0 saturated heterocycles. The van der Waals surface area contributed by atoms with E-state index in [1.807, 2.05) is 0 Å². The predicted octanol–water partition coefficient (Wildman–Crippen LogP) is 3.07. The van der Waals surface area contributed by atoms with Crippen LogP contribution >= 0.6 is 11.3 Å². The molecule has 1 aromatic heterocycles. The van der Waals surface area contributed by atoms with E-state index in [1.165, 1.54) is 4.88 Å². The van der Waals surface area contributed by atoms with E-state index in [2.05, 4.69) is 43.6 Å². The Kier molecular flexibility index (Phi) is 5.29. The summed E-state index contributed by atoms with van der Waals surface area (Å²) in [5.74, 6) is 0.590. The van der Waals surface area contributed by atoms with Crippen LogP contribution in [0, 0.1) is 5.92 Å². The van der Waals surface area contributed by atoms with Crippen LogP contribution in [-0.2, 0) is 4.74 Å². The largest absolute Gasteiger partial charge is 0.383 e. The summed E-state index contributed by atoms with van der Waals surface area (Å²) < 4.78 is 5.22. The highest BCUT2D eigenvalue weighted by molar-refractivity contribution is 7.10. The quantitative estimate of drug-likeness (QED) is 0.806. The van der Waals surface area contributed by atoms with E-state index in [1.54, 1.807) is 18.4 Å². The van der Waals surface area contributed by atoms with E-state index in [9.17, 15) is 0 Å². The van der Waals surface area contributed by atoms with Crippen molar-refractivity contribution in [2.24, 2.45) is 5.92 Å². The molecule has 0 bridgehead atoms. The normalized spacial score (nSPS) is 15.5. The molecule has 0 saturated carbocycles. The molecule has 0 aliphatic carbocycles. The number of methoxy groups -OCH3 is 1. The monoisotopic (exact) mass is 227 g/mol. The van der Waals surface area contributed by atoms with Gasteiger partial charge in [-0.25, -0.2) is 0 Å². The van der Waals surface area contributed by atoms with Crippen molar-refractivity contribution in [2.45, 2.75) is 32.9 Å². The van der Waals surface area contributed by atoms with E-state index >= 15 is 0 Å². The Morgan fingerprint density at radius 1 is 1.40 bits per heavy atom. The summed E-state index contributed by atoms with van der Waals surface area (Å²) in [7, 11) is 1.76. The Morgan fingerprint density at radius 3 is 2.60 bits per heavy atom. The minimum Gasteiger partial charge on any atom is -0.383 e. The van der Waals surface area contributed by atoms with Gasteiger partial charge in [0.25, 0.3) is 0 Å². The van der Waals surface area contributed by atoms with Crippen LogP contribution in [0.1, 0.15) is 31.7 Å². The summed E-state index contributed by atoms with van der Waals surface area (Å²) in [4.78, 5) is 1.39. The average Bonchev–Trinajstić information content (AvgIpc) is 2.69. The first-order chi connectivity index (χ1) is 7.15. The molecule has 2 nitrogen and oxygen atoms in total. The molecular formula is C12H21NOS.